The van der Waals surface area contributed by atoms with Crippen molar-refractivity contribution in [1.29, 1.82) is 0 Å². The fraction of sp³-hybridized carbons (Fsp3) is 0.500. The van der Waals surface area contributed by atoms with Crippen molar-refractivity contribution in [2.45, 2.75) is 19.5 Å². The van der Waals surface area contributed by atoms with Gasteiger partial charge in [0.05, 0.1) is 5.69 Å². The van der Waals surface area contributed by atoms with Crippen molar-refractivity contribution in [2.75, 3.05) is 0 Å². The molecule has 1 atom stereocenters. The highest BCUT2D eigenvalue weighted by atomic mass is 32.1. The monoisotopic (exact) mass is 140 g/mol. The minimum Gasteiger partial charge on any atom is -0.304 e. The largest absolute Gasteiger partial charge is 0.304 e. The van der Waals surface area contributed by atoms with E-state index in [0.717, 1.165) is 6.54 Å². The molecule has 1 N–H and O–H groups in total. The average Bonchev–Trinajstić information content (AvgIpc) is 2.35. The highest BCUT2D eigenvalue weighted by Crippen LogP contribution is 2.24. The molecule has 0 bridgehead atoms. The normalized spacial score (nSPS) is 24.3. The average molecular weight is 140 g/mol. The third kappa shape index (κ3) is 0.686. The van der Waals surface area contributed by atoms with E-state index in [4.69, 9.17) is 0 Å². The number of hydrogen-bond acceptors (Lipinski definition) is 3. The van der Waals surface area contributed by atoms with Gasteiger partial charge in [-0.1, -0.05) is 0 Å². The van der Waals surface area contributed by atoms with Crippen LogP contribution in [0.5, 0.6) is 0 Å². The predicted molar refractivity (Wildman–Crippen MR) is 37.4 cm³/mol. The Morgan fingerprint density at radius 1 is 1.89 bits per heavy atom. The SMILES string of the molecule is CC1NCc2nscc21. The summed E-state index contributed by atoms with van der Waals surface area (Å²) in [6.45, 7) is 3.13. The molecular formula is C6H8N2S. The first-order valence-electron chi connectivity index (χ1n) is 3.04. The molecule has 0 aromatic carbocycles. The summed E-state index contributed by atoms with van der Waals surface area (Å²) in [6.07, 6.45) is 0. The van der Waals surface area contributed by atoms with Gasteiger partial charge in [-0.25, -0.2) is 0 Å². The van der Waals surface area contributed by atoms with E-state index < -0.39 is 0 Å². The summed E-state index contributed by atoms with van der Waals surface area (Å²) in [5, 5.41) is 5.43. The first kappa shape index (κ1) is 5.38. The Balaban J connectivity index is 2.49. The van der Waals surface area contributed by atoms with Crippen LogP contribution in [0.3, 0.4) is 0 Å². The zero-order valence-electron chi connectivity index (χ0n) is 5.22. The lowest BCUT2D eigenvalue weighted by Crippen LogP contribution is -2.07. The van der Waals surface area contributed by atoms with Crippen LogP contribution >= 0.6 is 11.5 Å². The molecule has 0 amide bonds. The molecule has 9 heavy (non-hydrogen) atoms. The number of rotatable bonds is 0. The van der Waals surface area contributed by atoms with E-state index in [1.54, 1.807) is 11.5 Å². The molecular weight excluding hydrogens is 132 g/mol. The van der Waals surface area contributed by atoms with Gasteiger partial charge in [-0.2, -0.15) is 4.37 Å². The maximum absolute atomic E-state index is 4.23. The van der Waals surface area contributed by atoms with Crippen molar-refractivity contribution in [3.8, 4) is 0 Å². The van der Waals surface area contributed by atoms with Crippen LogP contribution in [0.25, 0.3) is 0 Å². The third-order valence-electron chi connectivity index (χ3n) is 1.72. The van der Waals surface area contributed by atoms with Crippen LogP contribution in [0.15, 0.2) is 5.38 Å². The molecule has 3 heteroatoms. The molecule has 0 radical (unpaired) electrons. The van der Waals surface area contributed by atoms with E-state index in [1.165, 1.54) is 11.3 Å². The lowest BCUT2D eigenvalue weighted by molar-refractivity contribution is 0.631. The van der Waals surface area contributed by atoms with Crippen molar-refractivity contribution in [1.82, 2.24) is 9.69 Å². The van der Waals surface area contributed by atoms with Crippen molar-refractivity contribution >= 4 is 11.5 Å². The Morgan fingerprint density at radius 3 is 3.56 bits per heavy atom. The van der Waals surface area contributed by atoms with Crippen LogP contribution in [0.4, 0.5) is 0 Å². The number of nitrogens with zero attached hydrogens (tertiary/aromatic N) is 1. The van der Waals surface area contributed by atoms with Gasteiger partial charge in [-0.05, 0) is 18.5 Å². The maximum Gasteiger partial charge on any atom is 0.0727 e. The highest BCUT2D eigenvalue weighted by Gasteiger charge is 2.18. The van der Waals surface area contributed by atoms with E-state index in [2.05, 4.69) is 22.0 Å². The van der Waals surface area contributed by atoms with Gasteiger partial charge in [0.1, 0.15) is 0 Å². The van der Waals surface area contributed by atoms with Gasteiger partial charge in [0.15, 0.2) is 0 Å². The van der Waals surface area contributed by atoms with Crippen LogP contribution in [0.2, 0.25) is 0 Å². The Hall–Kier alpha value is -0.410. The maximum atomic E-state index is 4.23. The minimum atomic E-state index is 0.527. The second kappa shape index (κ2) is 1.78. The van der Waals surface area contributed by atoms with Crippen molar-refractivity contribution < 1.29 is 0 Å². The Kier molecular flexibility index (Phi) is 1.07. The first-order chi connectivity index (χ1) is 4.38. The summed E-state index contributed by atoms with van der Waals surface area (Å²) in [4.78, 5) is 0. The standard InChI is InChI=1S/C6H8N2S/c1-4-5-3-9-8-6(5)2-7-4/h3-4,7H,2H2,1H3. The van der Waals surface area contributed by atoms with Gasteiger partial charge >= 0.3 is 0 Å². The molecule has 0 saturated heterocycles. The van der Waals surface area contributed by atoms with Gasteiger partial charge < -0.3 is 5.32 Å². The summed E-state index contributed by atoms with van der Waals surface area (Å²) in [6, 6.07) is 0.527. The van der Waals surface area contributed by atoms with E-state index in [0.29, 0.717) is 6.04 Å². The summed E-state index contributed by atoms with van der Waals surface area (Å²) < 4.78 is 4.23. The number of hydrogen-bond donors (Lipinski definition) is 1. The zero-order chi connectivity index (χ0) is 6.27. The molecule has 1 aliphatic heterocycles. The Morgan fingerprint density at radius 2 is 2.78 bits per heavy atom. The van der Waals surface area contributed by atoms with E-state index in [9.17, 15) is 0 Å². The Labute approximate surface area is 58.1 Å². The fourth-order valence-corrected chi connectivity index (χ4v) is 1.92. The lowest BCUT2D eigenvalue weighted by atomic mass is 10.2. The summed E-state index contributed by atoms with van der Waals surface area (Å²) in [5.74, 6) is 0. The fourth-order valence-electron chi connectivity index (χ4n) is 1.11. The molecule has 2 rings (SSSR count). The first-order valence-corrected chi connectivity index (χ1v) is 3.88. The van der Waals surface area contributed by atoms with E-state index >= 15 is 0 Å². The van der Waals surface area contributed by atoms with Gasteiger partial charge in [-0.3, -0.25) is 0 Å². The van der Waals surface area contributed by atoms with Crippen LogP contribution in [0.1, 0.15) is 24.2 Å². The molecule has 1 aromatic rings. The highest BCUT2D eigenvalue weighted by molar-refractivity contribution is 7.03. The van der Waals surface area contributed by atoms with Gasteiger partial charge in [-0.15, -0.1) is 0 Å². The second-order valence-electron chi connectivity index (χ2n) is 2.32. The summed E-state index contributed by atoms with van der Waals surface area (Å²) in [5.41, 5.74) is 2.63. The van der Waals surface area contributed by atoms with E-state index in [-0.39, 0.29) is 0 Å². The predicted octanol–water partition coefficient (Wildman–Crippen LogP) is 1.31. The van der Waals surface area contributed by atoms with Gasteiger partial charge in [0.25, 0.3) is 0 Å². The van der Waals surface area contributed by atoms with Crippen LogP contribution in [-0.4, -0.2) is 4.37 Å². The minimum absolute atomic E-state index is 0.527. The second-order valence-corrected chi connectivity index (χ2v) is 2.95. The van der Waals surface area contributed by atoms with Gasteiger partial charge in [0.2, 0.25) is 0 Å². The summed E-state index contributed by atoms with van der Waals surface area (Å²) >= 11 is 1.56. The quantitative estimate of drug-likeness (QED) is 0.587. The summed E-state index contributed by atoms with van der Waals surface area (Å²) in [7, 11) is 0. The molecule has 0 fully saturated rings. The molecule has 2 heterocycles. The van der Waals surface area contributed by atoms with Gasteiger partial charge in [0, 0.05) is 23.5 Å². The van der Waals surface area contributed by atoms with Crippen molar-refractivity contribution in [3.05, 3.63) is 16.6 Å². The molecule has 0 aliphatic carbocycles. The van der Waals surface area contributed by atoms with E-state index in [1.807, 2.05) is 0 Å². The number of fused-ring (bicyclic) bond motifs is 1. The molecule has 1 unspecified atom stereocenters. The molecule has 1 aromatic heterocycles. The molecule has 0 saturated carbocycles. The number of aromatic nitrogens is 1. The van der Waals surface area contributed by atoms with Crippen molar-refractivity contribution in [2.24, 2.45) is 0 Å². The van der Waals surface area contributed by atoms with Crippen LogP contribution in [-0.2, 0) is 6.54 Å². The van der Waals surface area contributed by atoms with Crippen LogP contribution < -0.4 is 5.32 Å². The molecule has 2 nitrogen and oxygen atoms in total. The zero-order valence-corrected chi connectivity index (χ0v) is 6.03. The van der Waals surface area contributed by atoms with Crippen LogP contribution in [0, 0.1) is 0 Å². The third-order valence-corrected chi connectivity index (χ3v) is 2.40. The van der Waals surface area contributed by atoms with Crippen molar-refractivity contribution in [3.63, 3.8) is 0 Å². The lowest BCUT2D eigenvalue weighted by Gasteiger charge is -1.98. The number of nitrogens with one attached hydrogen (secondary N) is 1. The Bertz CT molecular complexity index is 219. The smallest absolute Gasteiger partial charge is 0.0727 e. The molecule has 48 valence electrons. The molecule has 0 spiro atoms. The topological polar surface area (TPSA) is 24.9 Å². The molecule has 1 aliphatic rings.